The number of nitrogens with zero attached hydrogens (tertiary/aromatic N) is 1. The van der Waals surface area contributed by atoms with E-state index in [9.17, 15) is 19.1 Å². The molecule has 31 heavy (non-hydrogen) atoms. The molecule has 1 aliphatic carbocycles. The lowest BCUT2D eigenvalue weighted by molar-refractivity contribution is -0.146. The Bertz CT molecular complexity index is 942. The molecule has 5 heteroatoms. The molecule has 1 aliphatic heterocycles. The number of benzene rings is 2. The van der Waals surface area contributed by atoms with Gasteiger partial charge in [0.25, 0.3) is 0 Å². The summed E-state index contributed by atoms with van der Waals surface area (Å²) in [6, 6.07) is 14.0. The molecule has 2 aliphatic rings. The summed E-state index contributed by atoms with van der Waals surface area (Å²) in [6.45, 7) is 3.07. The van der Waals surface area contributed by atoms with E-state index in [-0.39, 0.29) is 23.6 Å². The van der Waals surface area contributed by atoms with E-state index >= 15 is 0 Å². The molecule has 0 aromatic heterocycles. The van der Waals surface area contributed by atoms with Crippen molar-refractivity contribution in [3.8, 4) is 0 Å². The largest absolute Gasteiger partial charge is 0.480 e. The summed E-state index contributed by atoms with van der Waals surface area (Å²) in [4.78, 5) is 26.2. The average molecular weight is 424 g/mol. The van der Waals surface area contributed by atoms with Crippen LogP contribution in [0.5, 0.6) is 0 Å². The topological polar surface area (TPSA) is 57.6 Å². The van der Waals surface area contributed by atoms with Crippen LogP contribution >= 0.6 is 0 Å². The maximum Gasteiger partial charge on any atom is 0.321 e. The van der Waals surface area contributed by atoms with Crippen LogP contribution in [0, 0.1) is 23.6 Å². The zero-order valence-electron chi connectivity index (χ0n) is 17.9. The number of rotatable bonds is 8. The van der Waals surface area contributed by atoms with Gasteiger partial charge in [0.1, 0.15) is 18.1 Å². The highest BCUT2D eigenvalue weighted by atomic mass is 19.1. The maximum atomic E-state index is 13.7. The Morgan fingerprint density at radius 2 is 1.97 bits per heavy atom. The summed E-state index contributed by atoms with van der Waals surface area (Å²) in [5.41, 5.74) is 3.00. The second kappa shape index (κ2) is 9.31. The van der Waals surface area contributed by atoms with Gasteiger partial charge < -0.3 is 9.90 Å². The van der Waals surface area contributed by atoms with Gasteiger partial charge in [-0.15, -0.1) is 0 Å². The third-order valence-corrected chi connectivity index (χ3v) is 7.34. The van der Waals surface area contributed by atoms with E-state index in [0.717, 1.165) is 35.8 Å². The molecule has 1 saturated heterocycles. The number of hydrogen-bond donors (Lipinski definition) is 1. The molecule has 1 N–H and O–H groups in total. The third-order valence-electron chi connectivity index (χ3n) is 7.34. The first kappa shape index (κ1) is 21.7. The minimum absolute atomic E-state index is 0.0577. The van der Waals surface area contributed by atoms with E-state index in [1.807, 2.05) is 42.2 Å². The van der Waals surface area contributed by atoms with E-state index in [0.29, 0.717) is 25.4 Å². The van der Waals surface area contributed by atoms with Gasteiger partial charge >= 0.3 is 5.97 Å². The van der Waals surface area contributed by atoms with Gasteiger partial charge in [0.05, 0.1) is 0 Å². The predicted molar refractivity (Wildman–Crippen MR) is 117 cm³/mol. The molecular formula is C26H30FNO3. The van der Waals surface area contributed by atoms with Gasteiger partial charge in [-0.3, -0.25) is 9.69 Å². The Labute approximate surface area is 183 Å². The van der Waals surface area contributed by atoms with Gasteiger partial charge in [0, 0.05) is 24.9 Å². The van der Waals surface area contributed by atoms with Crippen molar-refractivity contribution < 1.29 is 19.1 Å². The second-order valence-corrected chi connectivity index (χ2v) is 9.20. The number of hydrogen-bond acceptors (Lipinski definition) is 3. The molecule has 4 nitrogen and oxygen atoms in total. The van der Waals surface area contributed by atoms with Crippen molar-refractivity contribution in [1.82, 2.24) is 4.90 Å². The van der Waals surface area contributed by atoms with Crippen LogP contribution in [0.3, 0.4) is 0 Å². The third kappa shape index (κ3) is 4.57. The molecule has 0 radical (unpaired) electrons. The molecule has 4 rings (SSSR count). The van der Waals surface area contributed by atoms with Crippen molar-refractivity contribution in [2.75, 3.05) is 13.1 Å². The summed E-state index contributed by atoms with van der Waals surface area (Å²) in [5.74, 6) is -0.837. The van der Waals surface area contributed by atoms with Crippen molar-refractivity contribution in [2.45, 2.75) is 44.6 Å². The van der Waals surface area contributed by atoms with Crippen LogP contribution in [0.1, 0.15) is 48.8 Å². The van der Waals surface area contributed by atoms with Gasteiger partial charge in [0.15, 0.2) is 0 Å². The summed E-state index contributed by atoms with van der Waals surface area (Å²) in [6.07, 6.45) is 4.92. The Morgan fingerprint density at radius 3 is 2.61 bits per heavy atom. The standard InChI is InChI=1S/C26H30FNO3/c1-17(19-8-5-9-19)25(26(30)31)28-14-21(16-29)24(15-28)23-11-3-2-7-20(23)12-18-6-4-10-22(27)13-18/h2-4,6-7,10-11,13,16-17,19,21,24-25H,5,8-9,12,14-15H2,1H3,(H,30,31)/t17-,21-,24+,25-/m1/s1. The Kier molecular flexibility index (Phi) is 6.51. The maximum absolute atomic E-state index is 13.7. The number of carboxylic acids is 1. The number of carbonyl (C=O) groups is 2. The van der Waals surface area contributed by atoms with E-state index < -0.39 is 12.0 Å². The molecule has 0 bridgehead atoms. The van der Waals surface area contributed by atoms with Gasteiger partial charge in [-0.25, -0.2) is 4.39 Å². The number of aliphatic carboxylic acids is 1. The smallest absolute Gasteiger partial charge is 0.321 e. The van der Waals surface area contributed by atoms with E-state index in [2.05, 4.69) is 0 Å². The van der Waals surface area contributed by atoms with Crippen LogP contribution in [0.25, 0.3) is 0 Å². The fraction of sp³-hybridized carbons (Fsp3) is 0.462. The molecule has 1 heterocycles. The zero-order valence-corrected chi connectivity index (χ0v) is 17.9. The fourth-order valence-electron chi connectivity index (χ4n) is 5.42. The van der Waals surface area contributed by atoms with Gasteiger partial charge in [0.2, 0.25) is 0 Å². The van der Waals surface area contributed by atoms with Crippen molar-refractivity contribution in [2.24, 2.45) is 17.8 Å². The highest BCUT2D eigenvalue weighted by molar-refractivity contribution is 5.74. The Hall–Kier alpha value is -2.53. The molecule has 2 fully saturated rings. The van der Waals surface area contributed by atoms with Crippen LogP contribution in [-0.2, 0) is 16.0 Å². The van der Waals surface area contributed by atoms with Crippen molar-refractivity contribution >= 4 is 12.3 Å². The van der Waals surface area contributed by atoms with E-state index in [1.165, 1.54) is 18.6 Å². The molecule has 0 unspecified atom stereocenters. The lowest BCUT2D eigenvalue weighted by atomic mass is 9.73. The molecule has 2 aromatic carbocycles. The fourth-order valence-corrected chi connectivity index (χ4v) is 5.42. The van der Waals surface area contributed by atoms with Crippen molar-refractivity contribution in [1.29, 1.82) is 0 Å². The minimum atomic E-state index is -0.794. The number of halogens is 1. The molecule has 1 saturated carbocycles. The predicted octanol–water partition coefficient (Wildman–Crippen LogP) is 4.52. The normalized spacial score (nSPS) is 23.8. The van der Waals surface area contributed by atoms with E-state index in [4.69, 9.17) is 0 Å². The van der Waals surface area contributed by atoms with Gasteiger partial charge in [-0.2, -0.15) is 0 Å². The number of carbonyl (C=O) groups excluding carboxylic acids is 1. The van der Waals surface area contributed by atoms with Crippen LogP contribution in [0.2, 0.25) is 0 Å². The van der Waals surface area contributed by atoms with Crippen LogP contribution in [0.15, 0.2) is 48.5 Å². The minimum Gasteiger partial charge on any atom is -0.480 e. The molecular weight excluding hydrogens is 393 g/mol. The summed E-state index contributed by atoms with van der Waals surface area (Å²) < 4.78 is 13.7. The molecule has 0 amide bonds. The highest BCUT2D eigenvalue weighted by Crippen LogP contribution is 2.40. The summed E-state index contributed by atoms with van der Waals surface area (Å²) >= 11 is 0. The quantitative estimate of drug-likeness (QED) is 0.635. The number of carboxylic acid groups (broad SMARTS) is 1. The summed E-state index contributed by atoms with van der Waals surface area (Å²) in [7, 11) is 0. The zero-order chi connectivity index (χ0) is 22.0. The Morgan fingerprint density at radius 1 is 1.19 bits per heavy atom. The SMILES string of the molecule is C[C@H](C1CCC1)[C@H](C(=O)O)N1C[C@H](c2ccccc2Cc2cccc(F)c2)[C@@H](C=O)C1. The van der Waals surface area contributed by atoms with Gasteiger partial charge in [-0.05, 0) is 47.1 Å². The first-order chi connectivity index (χ1) is 15.0. The van der Waals surface area contributed by atoms with Crippen molar-refractivity contribution in [3.63, 3.8) is 0 Å². The van der Waals surface area contributed by atoms with E-state index in [1.54, 1.807) is 6.07 Å². The van der Waals surface area contributed by atoms with Crippen LogP contribution in [-0.4, -0.2) is 41.4 Å². The van der Waals surface area contributed by atoms with Crippen molar-refractivity contribution in [3.05, 3.63) is 71.0 Å². The average Bonchev–Trinajstić information content (AvgIpc) is 3.10. The van der Waals surface area contributed by atoms with Crippen LogP contribution in [0.4, 0.5) is 4.39 Å². The van der Waals surface area contributed by atoms with Gasteiger partial charge in [-0.1, -0.05) is 62.6 Å². The summed E-state index contributed by atoms with van der Waals surface area (Å²) in [5, 5.41) is 10.00. The highest BCUT2D eigenvalue weighted by Gasteiger charge is 2.44. The first-order valence-electron chi connectivity index (χ1n) is 11.2. The molecule has 4 atom stereocenters. The molecule has 2 aromatic rings. The number of likely N-dealkylation sites (tertiary alicyclic amines) is 1. The molecule has 164 valence electrons. The monoisotopic (exact) mass is 423 g/mol. The number of aldehydes is 1. The van der Waals surface area contributed by atoms with Crippen LogP contribution < -0.4 is 0 Å². The first-order valence-corrected chi connectivity index (χ1v) is 11.2. The molecule has 0 spiro atoms. The lowest BCUT2D eigenvalue weighted by Gasteiger charge is -2.38. The Balaban J connectivity index is 1.59. The second-order valence-electron chi connectivity index (χ2n) is 9.20. The lowest BCUT2D eigenvalue weighted by Crippen LogP contribution is -2.47.